The molecule has 0 heterocycles. The molecule has 1 nitrogen and oxygen atoms in total. The standard InChI is InChI=1S/C31H29F2N/c1-30(2,3)34(28-13-9-8-12-26(28)32)29-17-15-21(19-27(29)33)20-14-16-25-23(18-20)22-10-6-7-11-24(22)31(25,4)5/h6-19H,1-5H3. The molecule has 0 unspecified atom stereocenters. The molecule has 1 aliphatic rings. The Hall–Kier alpha value is -3.46. The summed E-state index contributed by atoms with van der Waals surface area (Å²) in [5.41, 5.74) is 6.93. The van der Waals surface area contributed by atoms with Crippen LogP contribution in [0, 0.1) is 11.6 Å². The van der Waals surface area contributed by atoms with E-state index in [0.29, 0.717) is 11.4 Å². The van der Waals surface area contributed by atoms with Gasteiger partial charge in [0.2, 0.25) is 0 Å². The molecule has 0 aliphatic heterocycles. The Bertz CT molecular complexity index is 1390. The highest BCUT2D eigenvalue weighted by Gasteiger charge is 2.35. The summed E-state index contributed by atoms with van der Waals surface area (Å²) in [6.07, 6.45) is 0. The molecule has 1 aliphatic carbocycles. The van der Waals surface area contributed by atoms with E-state index < -0.39 is 5.54 Å². The molecule has 0 bridgehead atoms. The van der Waals surface area contributed by atoms with E-state index in [1.54, 1.807) is 35.2 Å². The van der Waals surface area contributed by atoms with Gasteiger partial charge in [0, 0.05) is 11.0 Å². The fourth-order valence-corrected chi connectivity index (χ4v) is 5.25. The van der Waals surface area contributed by atoms with Crippen LogP contribution >= 0.6 is 0 Å². The maximum atomic E-state index is 15.6. The first-order valence-electron chi connectivity index (χ1n) is 11.7. The van der Waals surface area contributed by atoms with Gasteiger partial charge in [0.1, 0.15) is 11.6 Å². The van der Waals surface area contributed by atoms with E-state index in [0.717, 1.165) is 11.1 Å². The third-order valence-electron chi connectivity index (χ3n) is 6.87. The van der Waals surface area contributed by atoms with E-state index in [9.17, 15) is 4.39 Å². The van der Waals surface area contributed by atoms with Crippen LogP contribution in [0.25, 0.3) is 22.3 Å². The number of hydrogen-bond donors (Lipinski definition) is 0. The average Bonchev–Trinajstić information content (AvgIpc) is 3.02. The van der Waals surface area contributed by atoms with Crippen molar-refractivity contribution in [1.29, 1.82) is 0 Å². The molecule has 4 aromatic rings. The number of halogens is 2. The van der Waals surface area contributed by atoms with Crippen molar-refractivity contribution in [2.45, 2.75) is 45.6 Å². The van der Waals surface area contributed by atoms with Crippen LogP contribution in [-0.4, -0.2) is 5.54 Å². The van der Waals surface area contributed by atoms with E-state index in [1.165, 1.54) is 28.3 Å². The molecule has 172 valence electrons. The maximum Gasteiger partial charge on any atom is 0.147 e. The highest BCUT2D eigenvalue weighted by Crippen LogP contribution is 2.49. The largest absolute Gasteiger partial charge is 0.331 e. The van der Waals surface area contributed by atoms with Crippen molar-refractivity contribution in [3.8, 4) is 22.3 Å². The van der Waals surface area contributed by atoms with Crippen LogP contribution in [0.15, 0.2) is 84.9 Å². The number of hydrogen-bond acceptors (Lipinski definition) is 1. The Kier molecular flexibility index (Phi) is 5.12. The first-order valence-corrected chi connectivity index (χ1v) is 11.7. The quantitative estimate of drug-likeness (QED) is 0.299. The SMILES string of the molecule is CC1(C)c2ccccc2-c2cc(-c3ccc(N(c4ccccc4F)C(C)(C)C)c(F)c3)ccc21. The summed E-state index contributed by atoms with van der Waals surface area (Å²) in [4.78, 5) is 1.73. The summed E-state index contributed by atoms with van der Waals surface area (Å²) in [6, 6.07) is 26.6. The van der Waals surface area contributed by atoms with E-state index in [2.05, 4.69) is 56.3 Å². The molecular weight excluding hydrogens is 424 g/mol. The molecule has 0 amide bonds. The molecule has 5 rings (SSSR count). The van der Waals surface area contributed by atoms with Gasteiger partial charge in [-0.3, -0.25) is 0 Å². The molecule has 0 aromatic heterocycles. The molecule has 0 N–H and O–H groups in total. The second kappa shape index (κ2) is 7.80. The maximum absolute atomic E-state index is 15.6. The van der Waals surface area contributed by atoms with Gasteiger partial charge in [-0.15, -0.1) is 0 Å². The van der Waals surface area contributed by atoms with E-state index in [-0.39, 0.29) is 17.0 Å². The van der Waals surface area contributed by atoms with Gasteiger partial charge in [-0.05, 0) is 84.5 Å². The predicted octanol–water partition coefficient (Wildman–Crippen LogP) is 8.87. The minimum Gasteiger partial charge on any atom is -0.331 e. The summed E-state index contributed by atoms with van der Waals surface area (Å²) in [6.45, 7) is 10.3. The van der Waals surface area contributed by atoms with Crippen LogP contribution in [-0.2, 0) is 5.41 Å². The van der Waals surface area contributed by atoms with Crippen LogP contribution in [0.1, 0.15) is 45.7 Å². The summed E-state index contributed by atoms with van der Waals surface area (Å²) >= 11 is 0. The van der Waals surface area contributed by atoms with Gasteiger partial charge in [-0.1, -0.05) is 68.4 Å². The van der Waals surface area contributed by atoms with Gasteiger partial charge in [0.15, 0.2) is 0 Å². The van der Waals surface area contributed by atoms with Crippen LogP contribution in [0.5, 0.6) is 0 Å². The number of fused-ring (bicyclic) bond motifs is 3. The number of rotatable bonds is 3. The number of nitrogens with zero attached hydrogens (tertiary/aromatic N) is 1. The van der Waals surface area contributed by atoms with Crippen molar-refractivity contribution in [2.24, 2.45) is 0 Å². The molecular formula is C31H29F2N. The van der Waals surface area contributed by atoms with Crippen molar-refractivity contribution in [2.75, 3.05) is 4.90 Å². The Morgan fingerprint density at radius 2 is 1.21 bits per heavy atom. The highest BCUT2D eigenvalue weighted by atomic mass is 19.1. The van der Waals surface area contributed by atoms with Crippen molar-refractivity contribution in [1.82, 2.24) is 0 Å². The lowest BCUT2D eigenvalue weighted by Gasteiger charge is -2.38. The molecule has 0 fully saturated rings. The van der Waals surface area contributed by atoms with Crippen molar-refractivity contribution in [3.05, 3.63) is 108 Å². The molecule has 0 saturated heterocycles. The average molecular weight is 454 g/mol. The second-order valence-corrected chi connectivity index (χ2v) is 10.6. The van der Waals surface area contributed by atoms with Crippen LogP contribution in [0.4, 0.5) is 20.2 Å². The first kappa shape index (κ1) is 22.3. The second-order valence-electron chi connectivity index (χ2n) is 10.6. The Morgan fingerprint density at radius 3 is 1.91 bits per heavy atom. The lowest BCUT2D eigenvalue weighted by molar-refractivity contribution is 0.527. The van der Waals surface area contributed by atoms with Crippen LogP contribution in [0.2, 0.25) is 0 Å². The Balaban J connectivity index is 1.59. The van der Waals surface area contributed by atoms with Gasteiger partial charge in [-0.2, -0.15) is 0 Å². The lowest BCUT2D eigenvalue weighted by atomic mass is 9.82. The number of anilines is 2. The zero-order valence-electron chi connectivity index (χ0n) is 20.3. The molecule has 0 spiro atoms. The van der Waals surface area contributed by atoms with Crippen molar-refractivity contribution >= 4 is 11.4 Å². The Morgan fingerprint density at radius 1 is 0.618 bits per heavy atom. The smallest absolute Gasteiger partial charge is 0.147 e. The summed E-state index contributed by atoms with van der Waals surface area (Å²) < 4.78 is 30.3. The first-order chi connectivity index (χ1) is 16.1. The number of benzene rings is 4. The van der Waals surface area contributed by atoms with Gasteiger partial charge in [0.25, 0.3) is 0 Å². The van der Waals surface area contributed by atoms with Gasteiger partial charge < -0.3 is 4.90 Å². The minimum atomic E-state index is -0.520. The molecule has 3 heteroatoms. The summed E-state index contributed by atoms with van der Waals surface area (Å²) in [5.74, 6) is -0.752. The van der Waals surface area contributed by atoms with Crippen molar-refractivity contribution in [3.63, 3.8) is 0 Å². The number of para-hydroxylation sites is 1. The summed E-state index contributed by atoms with van der Waals surface area (Å²) in [7, 11) is 0. The fourth-order valence-electron chi connectivity index (χ4n) is 5.25. The van der Waals surface area contributed by atoms with Crippen LogP contribution in [0.3, 0.4) is 0 Å². The monoisotopic (exact) mass is 453 g/mol. The topological polar surface area (TPSA) is 3.24 Å². The molecule has 0 saturated carbocycles. The molecule has 0 atom stereocenters. The van der Waals surface area contributed by atoms with Crippen molar-refractivity contribution < 1.29 is 8.78 Å². The zero-order valence-corrected chi connectivity index (χ0v) is 20.3. The lowest BCUT2D eigenvalue weighted by Crippen LogP contribution is -2.38. The Labute approximate surface area is 200 Å². The normalized spacial score (nSPS) is 14.0. The highest BCUT2D eigenvalue weighted by molar-refractivity contribution is 5.84. The minimum absolute atomic E-state index is 0.0630. The molecule has 34 heavy (non-hydrogen) atoms. The predicted molar refractivity (Wildman–Crippen MR) is 138 cm³/mol. The van der Waals surface area contributed by atoms with E-state index in [1.807, 2.05) is 26.8 Å². The molecule has 4 aromatic carbocycles. The third-order valence-corrected chi connectivity index (χ3v) is 6.87. The van der Waals surface area contributed by atoms with Gasteiger partial charge in [0.05, 0.1) is 11.4 Å². The van der Waals surface area contributed by atoms with E-state index in [4.69, 9.17) is 0 Å². The van der Waals surface area contributed by atoms with Gasteiger partial charge >= 0.3 is 0 Å². The van der Waals surface area contributed by atoms with E-state index >= 15 is 4.39 Å². The van der Waals surface area contributed by atoms with Crippen LogP contribution < -0.4 is 4.90 Å². The fraction of sp³-hybridized carbons (Fsp3) is 0.226. The van der Waals surface area contributed by atoms with Gasteiger partial charge in [-0.25, -0.2) is 8.78 Å². The molecule has 0 radical (unpaired) electrons. The third kappa shape index (κ3) is 3.51. The summed E-state index contributed by atoms with van der Waals surface area (Å²) in [5, 5.41) is 0. The zero-order chi connectivity index (χ0) is 24.3.